The van der Waals surface area contributed by atoms with Crippen molar-refractivity contribution in [1.29, 1.82) is 0 Å². The van der Waals surface area contributed by atoms with Crippen LogP contribution < -0.4 is 4.74 Å². The van der Waals surface area contributed by atoms with Gasteiger partial charge in [-0.2, -0.15) is 0 Å². The van der Waals surface area contributed by atoms with Gasteiger partial charge in [0.05, 0.1) is 12.7 Å². The second kappa shape index (κ2) is 9.20. The summed E-state index contributed by atoms with van der Waals surface area (Å²) >= 11 is 0. The maximum absolute atomic E-state index is 12.4. The molecule has 0 spiro atoms. The fourth-order valence-corrected chi connectivity index (χ4v) is 3.74. The van der Waals surface area contributed by atoms with Gasteiger partial charge >= 0.3 is 0 Å². The van der Waals surface area contributed by atoms with Crippen molar-refractivity contribution in [3.05, 3.63) is 29.8 Å². The number of amides is 1. The van der Waals surface area contributed by atoms with E-state index in [4.69, 9.17) is 9.84 Å². The average molecular weight is 346 g/mol. The molecule has 1 aliphatic carbocycles. The van der Waals surface area contributed by atoms with Crippen LogP contribution in [0.25, 0.3) is 0 Å². The van der Waals surface area contributed by atoms with Crippen LogP contribution in [0, 0.1) is 0 Å². The first-order valence-corrected chi connectivity index (χ1v) is 9.61. The molecular weight excluding hydrogens is 316 g/mol. The molecule has 1 amide bonds. The molecule has 138 valence electrons. The molecule has 1 aromatic carbocycles. The topological polar surface area (TPSA) is 53.0 Å². The van der Waals surface area contributed by atoms with Gasteiger partial charge in [0.15, 0.2) is 0 Å². The predicted molar refractivity (Wildman–Crippen MR) is 97.8 cm³/mol. The minimum Gasteiger partial charge on any atom is -0.490 e. The van der Waals surface area contributed by atoms with Crippen LogP contribution in [0.1, 0.15) is 37.7 Å². The SMILES string of the molecule is O=C(CCc1cccc(OC2CCCC2)c1)N1CCN(CCO)CC1. The zero-order valence-corrected chi connectivity index (χ0v) is 15.0. The summed E-state index contributed by atoms with van der Waals surface area (Å²) < 4.78 is 6.05. The molecular formula is C20H30N2O3. The van der Waals surface area contributed by atoms with Crippen LogP contribution in [0.4, 0.5) is 0 Å². The highest BCUT2D eigenvalue weighted by Gasteiger charge is 2.20. The monoisotopic (exact) mass is 346 g/mol. The number of aliphatic hydroxyl groups is 1. The summed E-state index contributed by atoms with van der Waals surface area (Å²) in [4.78, 5) is 16.6. The second-order valence-electron chi connectivity index (χ2n) is 7.12. The molecule has 2 fully saturated rings. The average Bonchev–Trinajstić information content (AvgIpc) is 3.14. The summed E-state index contributed by atoms with van der Waals surface area (Å²) in [5.74, 6) is 1.17. The lowest BCUT2D eigenvalue weighted by Gasteiger charge is -2.34. The number of carbonyl (C=O) groups is 1. The lowest BCUT2D eigenvalue weighted by Crippen LogP contribution is -2.49. The van der Waals surface area contributed by atoms with Crippen molar-refractivity contribution in [2.24, 2.45) is 0 Å². The van der Waals surface area contributed by atoms with Gasteiger partial charge in [-0.15, -0.1) is 0 Å². The van der Waals surface area contributed by atoms with Crippen LogP contribution in [0.2, 0.25) is 0 Å². The summed E-state index contributed by atoms with van der Waals surface area (Å²) in [6.45, 7) is 4.14. The van der Waals surface area contributed by atoms with E-state index >= 15 is 0 Å². The summed E-state index contributed by atoms with van der Waals surface area (Å²) in [6.07, 6.45) is 6.53. The van der Waals surface area contributed by atoms with Gasteiger partial charge in [-0.25, -0.2) is 0 Å². The molecule has 1 saturated heterocycles. The third kappa shape index (κ3) is 5.44. The molecule has 1 heterocycles. The third-order valence-corrected chi connectivity index (χ3v) is 5.27. The van der Waals surface area contributed by atoms with Crippen molar-refractivity contribution >= 4 is 5.91 Å². The molecule has 3 rings (SSSR count). The van der Waals surface area contributed by atoms with Crippen molar-refractivity contribution in [2.75, 3.05) is 39.3 Å². The van der Waals surface area contributed by atoms with Crippen LogP contribution >= 0.6 is 0 Å². The molecule has 1 N–H and O–H groups in total. The number of carbonyl (C=O) groups excluding carboxylic acids is 1. The Balaban J connectivity index is 1.44. The van der Waals surface area contributed by atoms with Crippen LogP contribution in [0.5, 0.6) is 5.75 Å². The molecule has 5 nitrogen and oxygen atoms in total. The van der Waals surface area contributed by atoms with Crippen molar-refractivity contribution in [2.45, 2.75) is 44.6 Å². The van der Waals surface area contributed by atoms with E-state index in [2.05, 4.69) is 17.0 Å². The molecule has 0 atom stereocenters. The van der Waals surface area contributed by atoms with Gasteiger partial charge < -0.3 is 14.7 Å². The lowest BCUT2D eigenvalue weighted by molar-refractivity contribution is -0.132. The molecule has 0 unspecified atom stereocenters. The highest BCUT2D eigenvalue weighted by molar-refractivity contribution is 5.76. The van der Waals surface area contributed by atoms with Gasteiger partial charge in [0, 0.05) is 39.1 Å². The Morgan fingerprint density at radius 2 is 1.92 bits per heavy atom. The van der Waals surface area contributed by atoms with E-state index < -0.39 is 0 Å². The van der Waals surface area contributed by atoms with Crippen molar-refractivity contribution in [1.82, 2.24) is 9.80 Å². The number of hydrogen-bond donors (Lipinski definition) is 1. The molecule has 0 bridgehead atoms. The summed E-state index contributed by atoms with van der Waals surface area (Å²) in [5.41, 5.74) is 1.17. The van der Waals surface area contributed by atoms with Crippen LogP contribution in [0.3, 0.4) is 0 Å². The summed E-state index contributed by atoms with van der Waals surface area (Å²) in [6, 6.07) is 8.21. The summed E-state index contributed by atoms with van der Waals surface area (Å²) in [5, 5.41) is 8.98. The third-order valence-electron chi connectivity index (χ3n) is 5.27. The highest BCUT2D eigenvalue weighted by atomic mass is 16.5. The Morgan fingerprint density at radius 3 is 2.64 bits per heavy atom. The summed E-state index contributed by atoms with van der Waals surface area (Å²) in [7, 11) is 0. The molecule has 25 heavy (non-hydrogen) atoms. The lowest BCUT2D eigenvalue weighted by atomic mass is 10.1. The maximum Gasteiger partial charge on any atom is 0.222 e. The Hall–Kier alpha value is -1.59. The Bertz CT molecular complexity index is 550. The quantitative estimate of drug-likeness (QED) is 0.821. The van der Waals surface area contributed by atoms with Crippen LogP contribution in [-0.2, 0) is 11.2 Å². The van der Waals surface area contributed by atoms with Crippen LogP contribution in [-0.4, -0.2) is 66.2 Å². The minimum absolute atomic E-state index is 0.188. The van der Waals surface area contributed by atoms with Crippen molar-refractivity contribution in [3.63, 3.8) is 0 Å². The van der Waals surface area contributed by atoms with Gasteiger partial charge in [0.25, 0.3) is 0 Å². The molecule has 2 aliphatic rings. The van der Waals surface area contributed by atoms with Gasteiger partial charge in [-0.3, -0.25) is 9.69 Å². The van der Waals surface area contributed by atoms with E-state index in [1.54, 1.807) is 0 Å². The van der Waals surface area contributed by atoms with E-state index in [1.807, 2.05) is 17.0 Å². The molecule has 1 aromatic rings. The fraction of sp³-hybridized carbons (Fsp3) is 0.650. The van der Waals surface area contributed by atoms with Crippen molar-refractivity contribution < 1.29 is 14.6 Å². The minimum atomic E-state index is 0.188. The van der Waals surface area contributed by atoms with Gasteiger partial charge in [-0.1, -0.05) is 12.1 Å². The van der Waals surface area contributed by atoms with Gasteiger partial charge in [-0.05, 0) is 49.8 Å². The number of aliphatic hydroxyl groups excluding tert-OH is 1. The van der Waals surface area contributed by atoms with E-state index in [0.717, 1.165) is 51.2 Å². The standard InChI is InChI=1S/C20H30N2O3/c23-15-14-21-10-12-22(13-11-21)20(24)9-8-17-4-3-7-19(16-17)25-18-5-1-2-6-18/h3-4,7,16,18,23H,1-2,5-6,8-15H2. The number of nitrogens with zero attached hydrogens (tertiary/aromatic N) is 2. The Labute approximate surface area is 150 Å². The number of piperazine rings is 1. The normalized spacial score (nSPS) is 19.3. The Morgan fingerprint density at radius 1 is 1.16 bits per heavy atom. The molecule has 0 radical (unpaired) electrons. The number of rotatable bonds is 7. The first-order chi connectivity index (χ1) is 12.2. The maximum atomic E-state index is 12.4. The van der Waals surface area contributed by atoms with Crippen LogP contribution in [0.15, 0.2) is 24.3 Å². The number of benzene rings is 1. The van der Waals surface area contributed by atoms with E-state index in [1.165, 1.54) is 18.4 Å². The number of hydrogen-bond acceptors (Lipinski definition) is 4. The number of β-amino-alcohol motifs (C(OH)–C–C–N with tert-alkyl or cyclic N) is 1. The Kier molecular flexibility index (Phi) is 6.70. The molecule has 0 aromatic heterocycles. The van der Waals surface area contributed by atoms with Crippen molar-refractivity contribution in [3.8, 4) is 5.75 Å². The number of aryl methyl sites for hydroxylation is 1. The van der Waals surface area contributed by atoms with Gasteiger partial charge in [0.1, 0.15) is 5.75 Å². The highest BCUT2D eigenvalue weighted by Crippen LogP contribution is 2.25. The van der Waals surface area contributed by atoms with E-state index in [-0.39, 0.29) is 12.5 Å². The first kappa shape index (κ1) is 18.2. The molecule has 1 aliphatic heterocycles. The largest absolute Gasteiger partial charge is 0.490 e. The predicted octanol–water partition coefficient (Wildman–Crippen LogP) is 2.08. The zero-order chi connectivity index (χ0) is 17.5. The molecule has 1 saturated carbocycles. The van der Waals surface area contributed by atoms with E-state index in [9.17, 15) is 4.79 Å². The zero-order valence-electron chi connectivity index (χ0n) is 15.0. The smallest absolute Gasteiger partial charge is 0.222 e. The fourth-order valence-electron chi connectivity index (χ4n) is 3.74. The van der Waals surface area contributed by atoms with E-state index in [0.29, 0.717) is 19.1 Å². The second-order valence-corrected chi connectivity index (χ2v) is 7.12. The number of ether oxygens (including phenoxy) is 1. The van der Waals surface area contributed by atoms with Gasteiger partial charge in [0.2, 0.25) is 5.91 Å². The molecule has 5 heteroatoms. The first-order valence-electron chi connectivity index (χ1n) is 9.61.